The Labute approximate surface area is 177 Å². The van der Waals surface area contributed by atoms with Gasteiger partial charge in [-0.1, -0.05) is 0 Å². The molecule has 1 saturated heterocycles. The number of aromatic nitrogens is 3. The van der Waals surface area contributed by atoms with E-state index in [-0.39, 0.29) is 30.8 Å². The van der Waals surface area contributed by atoms with E-state index >= 15 is 0 Å². The molecule has 1 atom stereocenters. The Kier molecular flexibility index (Phi) is 4.72. The molecule has 166 valence electrons. The number of carbonyl (C=O) groups is 1. The Morgan fingerprint density at radius 1 is 1.23 bits per heavy atom. The third-order valence-electron chi connectivity index (χ3n) is 6.59. The van der Waals surface area contributed by atoms with E-state index in [2.05, 4.69) is 10.00 Å². The van der Waals surface area contributed by atoms with Gasteiger partial charge in [0, 0.05) is 57.0 Å². The molecule has 0 radical (unpaired) electrons. The summed E-state index contributed by atoms with van der Waals surface area (Å²) in [6.45, 7) is 2.02. The minimum Gasteiger partial charge on any atom is -0.370 e. The van der Waals surface area contributed by atoms with E-state index in [9.17, 15) is 18.0 Å². The third kappa shape index (κ3) is 3.56. The van der Waals surface area contributed by atoms with E-state index in [0.717, 1.165) is 11.1 Å². The summed E-state index contributed by atoms with van der Waals surface area (Å²) in [5.41, 5.74) is 2.94. The third-order valence-corrected chi connectivity index (χ3v) is 6.59. The standard InChI is InChI=1S/C21H24F3N5O2/c1-27-10-16-15(20(27)30)7-18(26-19(16)12-5-14(6-12)21(22,23)24)29-3-4-31-17(11-29)13-8-25-28(2)9-13/h7-9,12,14,17H,3-6,10-11H2,1-2H3. The molecule has 2 aromatic rings. The fraction of sp³-hybridized carbons (Fsp3) is 0.571. The van der Waals surface area contributed by atoms with Crippen LogP contribution in [-0.2, 0) is 18.3 Å². The average Bonchev–Trinajstić information content (AvgIpc) is 3.24. The van der Waals surface area contributed by atoms with Crippen LogP contribution >= 0.6 is 0 Å². The Balaban J connectivity index is 1.45. The first-order valence-corrected chi connectivity index (χ1v) is 10.4. The predicted octanol–water partition coefficient (Wildman–Crippen LogP) is 3.03. The van der Waals surface area contributed by atoms with Crippen LogP contribution in [0.5, 0.6) is 0 Å². The zero-order valence-corrected chi connectivity index (χ0v) is 17.4. The van der Waals surface area contributed by atoms with Gasteiger partial charge in [-0.2, -0.15) is 18.3 Å². The van der Waals surface area contributed by atoms with Gasteiger partial charge in [-0.15, -0.1) is 0 Å². The molecule has 3 aliphatic rings. The lowest BCUT2D eigenvalue weighted by Gasteiger charge is -2.38. The van der Waals surface area contributed by atoms with Crippen LogP contribution in [0.15, 0.2) is 18.5 Å². The van der Waals surface area contributed by atoms with Gasteiger partial charge < -0.3 is 14.5 Å². The van der Waals surface area contributed by atoms with Gasteiger partial charge in [0.05, 0.1) is 30.0 Å². The van der Waals surface area contributed by atoms with Crippen molar-refractivity contribution in [1.82, 2.24) is 19.7 Å². The maximum Gasteiger partial charge on any atom is 0.391 e. The highest BCUT2D eigenvalue weighted by atomic mass is 19.4. The molecule has 0 bridgehead atoms. The van der Waals surface area contributed by atoms with E-state index in [1.54, 1.807) is 28.9 Å². The van der Waals surface area contributed by atoms with E-state index in [1.165, 1.54) is 0 Å². The molecule has 2 fully saturated rings. The maximum absolute atomic E-state index is 13.1. The summed E-state index contributed by atoms with van der Waals surface area (Å²) in [5, 5.41) is 4.20. The smallest absolute Gasteiger partial charge is 0.370 e. The number of fused-ring (bicyclic) bond motifs is 1. The zero-order chi connectivity index (χ0) is 21.9. The second-order valence-corrected chi connectivity index (χ2v) is 8.71. The monoisotopic (exact) mass is 435 g/mol. The highest BCUT2D eigenvalue weighted by Gasteiger charge is 2.49. The molecule has 1 amide bonds. The van der Waals surface area contributed by atoms with Gasteiger partial charge in [0.25, 0.3) is 5.91 Å². The van der Waals surface area contributed by atoms with E-state index in [0.29, 0.717) is 43.3 Å². The summed E-state index contributed by atoms with van der Waals surface area (Å²) in [6.07, 6.45) is -0.625. The van der Waals surface area contributed by atoms with Crippen LogP contribution in [0.4, 0.5) is 19.0 Å². The lowest BCUT2D eigenvalue weighted by atomic mass is 9.71. The number of carbonyl (C=O) groups excluding carboxylic acids is 1. The molecule has 0 aromatic carbocycles. The molecule has 1 aliphatic carbocycles. The molecule has 5 rings (SSSR count). The van der Waals surface area contributed by atoms with Crippen molar-refractivity contribution in [3.63, 3.8) is 0 Å². The van der Waals surface area contributed by atoms with Crippen molar-refractivity contribution in [2.45, 2.75) is 37.6 Å². The Bertz CT molecular complexity index is 1010. The second kappa shape index (κ2) is 7.22. The Morgan fingerprint density at radius 2 is 2.00 bits per heavy atom. The van der Waals surface area contributed by atoms with Gasteiger partial charge in [0.1, 0.15) is 11.9 Å². The SMILES string of the molecule is CN1Cc2c(cc(N3CCOC(c4cnn(C)c4)C3)nc2C2CC(C(F)(F)F)C2)C1=O. The van der Waals surface area contributed by atoms with E-state index in [1.807, 2.05) is 13.2 Å². The quantitative estimate of drug-likeness (QED) is 0.742. The Morgan fingerprint density at radius 3 is 2.68 bits per heavy atom. The topological polar surface area (TPSA) is 63.5 Å². The van der Waals surface area contributed by atoms with Gasteiger partial charge in [-0.05, 0) is 18.9 Å². The highest BCUT2D eigenvalue weighted by molar-refractivity contribution is 5.99. The first kappa shape index (κ1) is 20.3. The lowest BCUT2D eigenvalue weighted by Crippen LogP contribution is -2.39. The minimum atomic E-state index is -4.18. The van der Waals surface area contributed by atoms with Crippen molar-refractivity contribution < 1.29 is 22.7 Å². The Hall–Kier alpha value is -2.62. The molecule has 0 spiro atoms. The van der Waals surface area contributed by atoms with Crippen LogP contribution < -0.4 is 4.90 Å². The van der Waals surface area contributed by atoms with Crippen molar-refractivity contribution in [2.24, 2.45) is 13.0 Å². The molecular weight excluding hydrogens is 411 g/mol. The number of alkyl halides is 3. The number of morpholine rings is 1. The summed E-state index contributed by atoms with van der Waals surface area (Å²) < 4.78 is 46.8. The van der Waals surface area contributed by atoms with Crippen molar-refractivity contribution in [2.75, 3.05) is 31.6 Å². The number of hydrogen-bond acceptors (Lipinski definition) is 5. The molecule has 0 N–H and O–H groups in total. The number of ether oxygens (including phenoxy) is 1. The van der Waals surface area contributed by atoms with Crippen LogP contribution in [0.25, 0.3) is 0 Å². The molecule has 31 heavy (non-hydrogen) atoms. The van der Waals surface area contributed by atoms with Crippen molar-refractivity contribution in [3.05, 3.63) is 40.8 Å². The van der Waals surface area contributed by atoms with Gasteiger partial charge in [-0.3, -0.25) is 9.48 Å². The first-order valence-electron chi connectivity index (χ1n) is 10.4. The van der Waals surface area contributed by atoms with Crippen molar-refractivity contribution in [3.8, 4) is 0 Å². The van der Waals surface area contributed by atoms with Gasteiger partial charge in [-0.25, -0.2) is 4.98 Å². The first-order chi connectivity index (χ1) is 14.7. The number of anilines is 1. The number of aryl methyl sites for hydroxylation is 1. The molecule has 1 unspecified atom stereocenters. The maximum atomic E-state index is 13.1. The molecule has 4 heterocycles. The summed E-state index contributed by atoms with van der Waals surface area (Å²) >= 11 is 0. The molecule has 2 aliphatic heterocycles. The zero-order valence-electron chi connectivity index (χ0n) is 17.4. The van der Waals surface area contributed by atoms with Gasteiger partial charge >= 0.3 is 6.18 Å². The van der Waals surface area contributed by atoms with Crippen LogP contribution in [0.2, 0.25) is 0 Å². The average molecular weight is 435 g/mol. The number of halogens is 3. The molecular formula is C21H24F3N5O2. The summed E-state index contributed by atoms with van der Waals surface area (Å²) in [4.78, 5) is 21.1. The van der Waals surface area contributed by atoms with Crippen LogP contribution in [0.3, 0.4) is 0 Å². The summed E-state index contributed by atoms with van der Waals surface area (Å²) in [6, 6.07) is 1.79. The fourth-order valence-corrected chi connectivity index (χ4v) is 4.72. The summed E-state index contributed by atoms with van der Waals surface area (Å²) in [5.74, 6) is -1.03. The molecule has 1 saturated carbocycles. The van der Waals surface area contributed by atoms with Crippen LogP contribution in [-0.4, -0.2) is 58.5 Å². The molecule has 10 heteroatoms. The second-order valence-electron chi connectivity index (χ2n) is 8.71. The van der Waals surface area contributed by atoms with Crippen molar-refractivity contribution in [1.29, 1.82) is 0 Å². The number of pyridine rings is 1. The largest absolute Gasteiger partial charge is 0.391 e. The van der Waals surface area contributed by atoms with Gasteiger partial charge in [0.2, 0.25) is 0 Å². The van der Waals surface area contributed by atoms with Crippen molar-refractivity contribution >= 4 is 11.7 Å². The number of hydrogen-bond donors (Lipinski definition) is 0. The van der Waals surface area contributed by atoms with E-state index in [4.69, 9.17) is 9.72 Å². The van der Waals surface area contributed by atoms with E-state index < -0.39 is 12.1 Å². The lowest BCUT2D eigenvalue weighted by molar-refractivity contribution is -0.197. The van der Waals surface area contributed by atoms with Crippen LogP contribution in [0.1, 0.15) is 52.0 Å². The molecule has 2 aromatic heterocycles. The number of nitrogens with zero attached hydrogens (tertiary/aromatic N) is 5. The molecule has 7 nitrogen and oxygen atoms in total. The number of amides is 1. The fourth-order valence-electron chi connectivity index (χ4n) is 4.72. The normalized spacial score (nSPS) is 26.2. The minimum absolute atomic E-state index is 0.0335. The number of rotatable bonds is 3. The highest BCUT2D eigenvalue weighted by Crippen LogP contribution is 2.51. The summed E-state index contributed by atoms with van der Waals surface area (Å²) in [7, 11) is 3.55. The van der Waals surface area contributed by atoms with Crippen LogP contribution in [0, 0.1) is 5.92 Å². The van der Waals surface area contributed by atoms with Gasteiger partial charge in [0.15, 0.2) is 0 Å². The predicted molar refractivity (Wildman–Crippen MR) is 106 cm³/mol.